The summed E-state index contributed by atoms with van der Waals surface area (Å²) in [7, 11) is -7.61. The number of sulfonamides is 1. The van der Waals surface area contributed by atoms with Crippen LogP contribution in [0, 0.1) is 5.82 Å². The van der Waals surface area contributed by atoms with E-state index in [4.69, 9.17) is 0 Å². The maximum absolute atomic E-state index is 15.5. The standard InChI is InChI=1S/C20H22FN3O6S2/c21-19-16-8-12(14-2-1-7-23(10-14)31(27,28)15-5-6-15)3-4-13(16)9-17(25)20(19)24-11-18(26)22-32(24,29)30/h3-4,8-9,14-15,25H,1-2,5-7,10-11H2,(H,22,26). The van der Waals surface area contributed by atoms with Crippen molar-refractivity contribution < 1.29 is 31.1 Å². The van der Waals surface area contributed by atoms with Crippen molar-refractivity contribution in [1.29, 1.82) is 0 Å². The first-order valence-electron chi connectivity index (χ1n) is 10.4. The second-order valence-corrected chi connectivity index (χ2v) is 12.3. The summed E-state index contributed by atoms with van der Waals surface area (Å²) in [6.45, 7) is 0.160. The van der Waals surface area contributed by atoms with Crippen molar-refractivity contribution >= 4 is 42.6 Å². The van der Waals surface area contributed by atoms with Crippen molar-refractivity contribution in [3.05, 3.63) is 35.6 Å². The lowest BCUT2D eigenvalue weighted by atomic mass is 9.90. The first kappa shape index (κ1) is 21.4. The molecule has 2 saturated heterocycles. The highest BCUT2D eigenvalue weighted by Crippen LogP contribution is 2.40. The Bertz CT molecular complexity index is 1340. The third-order valence-corrected chi connectivity index (χ3v) is 10.0. The number of halogens is 1. The maximum Gasteiger partial charge on any atom is 0.326 e. The quantitative estimate of drug-likeness (QED) is 0.680. The third kappa shape index (κ3) is 3.50. The van der Waals surface area contributed by atoms with E-state index < -0.39 is 49.9 Å². The molecule has 32 heavy (non-hydrogen) atoms. The number of rotatable bonds is 4. The molecule has 2 N–H and O–H groups in total. The highest BCUT2D eigenvalue weighted by atomic mass is 32.2. The number of carbonyl (C=O) groups is 1. The summed E-state index contributed by atoms with van der Waals surface area (Å²) < 4.78 is 68.9. The van der Waals surface area contributed by atoms with Gasteiger partial charge in [-0.3, -0.25) is 4.79 Å². The Morgan fingerprint density at radius 3 is 2.56 bits per heavy atom. The summed E-state index contributed by atoms with van der Waals surface area (Å²) in [5.41, 5.74) is 0.150. The van der Waals surface area contributed by atoms with Gasteiger partial charge in [0.1, 0.15) is 18.0 Å². The lowest BCUT2D eigenvalue weighted by Gasteiger charge is -2.32. The fraction of sp³-hybridized carbons (Fsp3) is 0.450. The van der Waals surface area contributed by atoms with Gasteiger partial charge in [0.15, 0.2) is 5.82 Å². The highest BCUT2D eigenvalue weighted by molar-refractivity contribution is 7.92. The van der Waals surface area contributed by atoms with Crippen LogP contribution in [-0.2, 0) is 25.0 Å². The molecule has 1 unspecified atom stereocenters. The second-order valence-electron chi connectivity index (χ2n) is 8.52. The Balaban J connectivity index is 1.53. The van der Waals surface area contributed by atoms with E-state index in [-0.39, 0.29) is 16.6 Å². The summed E-state index contributed by atoms with van der Waals surface area (Å²) >= 11 is 0. The summed E-state index contributed by atoms with van der Waals surface area (Å²) in [4.78, 5) is 11.6. The monoisotopic (exact) mass is 483 g/mol. The number of nitrogens with zero attached hydrogens (tertiary/aromatic N) is 2. The Kier molecular flexibility index (Phi) is 4.88. The smallest absolute Gasteiger partial charge is 0.326 e. The number of aromatic hydroxyl groups is 1. The summed E-state index contributed by atoms with van der Waals surface area (Å²) in [6, 6.07) is 6.22. The molecule has 1 amide bonds. The van der Waals surface area contributed by atoms with Crippen molar-refractivity contribution in [3.63, 3.8) is 0 Å². The number of phenols is 1. The molecule has 3 aliphatic rings. The van der Waals surface area contributed by atoms with Gasteiger partial charge in [-0.25, -0.2) is 26.1 Å². The van der Waals surface area contributed by atoms with E-state index in [0.717, 1.165) is 12.0 Å². The average molecular weight is 484 g/mol. The first-order chi connectivity index (χ1) is 15.1. The molecule has 2 aromatic carbocycles. The van der Waals surface area contributed by atoms with Gasteiger partial charge >= 0.3 is 10.2 Å². The number of carbonyl (C=O) groups excluding carboxylic acids is 1. The topological polar surface area (TPSA) is 124 Å². The van der Waals surface area contributed by atoms with Crippen LogP contribution in [0.4, 0.5) is 10.1 Å². The van der Waals surface area contributed by atoms with E-state index in [0.29, 0.717) is 42.0 Å². The van der Waals surface area contributed by atoms with Gasteiger partial charge < -0.3 is 5.11 Å². The Hall–Kier alpha value is -2.44. The van der Waals surface area contributed by atoms with Crippen LogP contribution in [-0.4, -0.2) is 57.0 Å². The van der Waals surface area contributed by atoms with Crippen molar-refractivity contribution in [2.75, 3.05) is 23.9 Å². The first-order valence-corrected chi connectivity index (χ1v) is 13.3. The number of nitrogens with one attached hydrogen (secondary N) is 1. The second kappa shape index (κ2) is 7.29. The molecular weight excluding hydrogens is 461 g/mol. The van der Waals surface area contributed by atoms with Crippen LogP contribution < -0.4 is 9.03 Å². The van der Waals surface area contributed by atoms with Crippen LogP contribution in [0.1, 0.15) is 37.2 Å². The summed E-state index contributed by atoms with van der Waals surface area (Å²) in [5.74, 6) is -2.50. The fourth-order valence-corrected chi connectivity index (χ4v) is 7.59. The van der Waals surface area contributed by atoms with Gasteiger partial charge in [0, 0.05) is 18.5 Å². The molecule has 1 saturated carbocycles. The summed E-state index contributed by atoms with van der Waals surface area (Å²) in [5, 5.41) is 10.5. The lowest BCUT2D eigenvalue weighted by molar-refractivity contribution is -0.117. The Labute approximate surface area is 185 Å². The van der Waals surface area contributed by atoms with Gasteiger partial charge in [-0.15, -0.1) is 0 Å². The molecule has 3 fully saturated rings. The maximum atomic E-state index is 15.5. The van der Waals surface area contributed by atoms with Gasteiger partial charge in [0.05, 0.1) is 5.25 Å². The molecule has 9 nitrogen and oxygen atoms in total. The van der Waals surface area contributed by atoms with E-state index in [9.17, 15) is 26.7 Å². The number of fused-ring (bicyclic) bond motifs is 1. The molecule has 1 aliphatic carbocycles. The van der Waals surface area contributed by atoms with Crippen LogP contribution in [0.15, 0.2) is 24.3 Å². The number of hydrogen-bond donors (Lipinski definition) is 2. The minimum Gasteiger partial charge on any atom is -0.506 e. The predicted molar refractivity (Wildman–Crippen MR) is 115 cm³/mol. The van der Waals surface area contributed by atoms with Crippen molar-refractivity contribution in [1.82, 2.24) is 9.03 Å². The van der Waals surface area contributed by atoms with E-state index in [1.54, 1.807) is 22.9 Å². The van der Waals surface area contributed by atoms with Gasteiger partial charge in [0.2, 0.25) is 10.0 Å². The Morgan fingerprint density at radius 1 is 1.16 bits per heavy atom. The van der Waals surface area contributed by atoms with Crippen LogP contribution in [0.5, 0.6) is 5.75 Å². The van der Waals surface area contributed by atoms with E-state index in [1.165, 1.54) is 10.4 Å². The number of piperidine rings is 1. The predicted octanol–water partition coefficient (Wildman–Crippen LogP) is 1.54. The van der Waals surface area contributed by atoms with Gasteiger partial charge in [-0.1, -0.05) is 12.1 Å². The zero-order valence-corrected chi connectivity index (χ0v) is 18.6. The van der Waals surface area contributed by atoms with Crippen molar-refractivity contribution in [3.8, 4) is 5.75 Å². The van der Waals surface area contributed by atoms with Crippen molar-refractivity contribution in [2.24, 2.45) is 0 Å². The molecule has 2 heterocycles. The molecule has 172 valence electrons. The molecule has 12 heteroatoms. The van der Waals surface area contributed by atoms with Gasteiger partial charge in [-0.2, -0.15) is 8.42 Å². The lowest BCUT2D eigenvalue weighted by Crippen LogP contribution is -2.40. The molecule has 2 aromatic rings. The van der Waals surface area contributed by atoms with Crippen molar-refractivity contribution in [2.45, 2.75) is 36.9 Å². The largest absolute Gasteiger partial charge is 0.506 e. The molecule has 0 bridgehead atoms. The number of hydrogen-bond acceptors (Lipinski definition) is 6. The minimum absolute atomic E-state index is 0.0898. The number of phenolic OH excluding ortho intramolecular Hbond substituents is 1. The zero-order chi connectivity index (χ0) is 22.8. The average Bonchev–Trinajstić information content (AvgIpc) is 3.55. The summed E-state index contributed by atoms with van der Waals surface area (Å²) in [6.07, 6.45) is 2.81. The van der Waals surface area contributed by atoms with E-state index >= 15 is 4.39 Å². The molecule has 5 rings (SSSR count). The third-order valence-electron chi connectivity index (χ3n) is 6.29. The van der Waals surface area contributed by atoms with Crippen LogP contribution in [0.3, 0.4) is 0 Å². The van der Waals surface area contributed by atoms with Crippen LogP contribution >= 0.6 is 0 Å². The van der Waals surface area contributed by atoms with Crippen LogP contribution in [0.2, 0.25) is 0 Å². The highest BCUT2D eigenvalue weighted by Gasteiger charge is 2.42. The molecule has 0 aromatic heterocycles. The SMILES string of the molecule is O=C1CN(c2c(O)cc3ccc(C4CCCN(S(=O)(=O)C5CC5)C4)cc3c2F)S(=O)(=O)N1. The normalized spacial score (nSPS) is 24.1. The number of anilines is 1. The molecule has 1 atom stereocenters. The molecule has 0 radical (unpaired) electrons. The van der Waals surface area contributed by atoms with E-state index in [1.807, 2.05) is 0 Å². The minimum atomic E-state index is -4.30. The number of amides is 1. The van der Waals surface area contributed by atoms with Crippen LogP contribution in [0.25, 0.3) is 10.8 Å². The van der Waals surface area contributed by atoms with E-state index in [2.05, 4.69) is 0 Å². The molecule has 2 aliphatic heterocycles. The molecule has 0 spiro atoms. The molecular formula is C20H22FN3O6S2. The fourth-order valence-electron chi connectivity index (χ4n) is 4.50. The van der Waals surface area contributed by atoms with Gasteiger partial charge in [0.25, 0.3) is 5.91 Å². The number of benzene rings is 2. The van der Waals surface area contributed by atoms with Gasteiger partial charge in [-0.05, 0) is 54.7 Å². The Morgan fingerprint density at radius 2 is 1.91 bits per heavy atom. The zero-order valence-electron chi connectivity index (χ0n) is 17.0.